The predicted octanol–water partition coefficient (Wildman–Crippen LogP) is 0.567. The highest BCUT2D eigenvalue weighted by molar-refractivity contribution is 5.82. The summed E-state index contributed by atoms with van der Waals surface area (Å²) in [6, 6.07) is 5.75. The molecule has 1 amide bonds. The molecular weight excluding hydrogens is 237 g/mol. The van der Waals surface area contributed by atoms with Crippen LogP contribution in [0.25, 0.3) is 0 Å². The quantitative estimate of drug-likeness (QED) is 0.634. The molecule has 0 fully saturated rings. The van der Waals surface area contributed by atoms with Crippen LogP contribution in [0.5, 0.6) is 0 Å². The average molecular weight is 247 g/mol. The number of benzene rings is 1. The van der Waals surface area contributed by atoms with Gasteiger partial charge in [0, 0.05) is 0 Å². The first-order chi connectivity index (χ1) is 8.74. The summed E-state index contributed by atoms with van der Waals surface area (Å²) < 4.78 is 14.0. The molecule has 0 aliphatic heterocycles. The smallest absolute Gasteiger partial charge is 0.261 e. The monoisotopic (exact) mass is 247 g/mol. The number of hydrogen-bond acceptors (Lipinski definition) is 4. The van der Waals surface area contributed by atoms with Gasteiger partial charge in [-0.3, -0.25) is 4.79 Å². The molecule has 6 nitrogen and oxygen atoms in total. The first-order valence-corrected chi connectivity index (χ1v) is 5.14. The van der Waals surface area contributed by atoms with E-state index in [0.717, 1.165) is 0 Å². The summed E-state index contributed by atoms with van der Waals surface area (Å²) in [5.41, 5.74) is 3.02. The molecule has 0 bridgehead atoms. The molecule has 7 heteroatoms. The van der Waals surface area contributed by atoms with Crippen LogP contribution in [0.15, 0.2) is 42.0 Å². The average Bonchev–Trinajstić information content (AvgIpc) is 2.84. The highest BCUT2D eigenvalue weighted by atomic mass is 19.1. The lowest BCUT2D eigenvalue weighted by Crippen LogP contribution is -2.23. The van der Waals surface area contributed by atoms with E-state index < -0.39 is 0 Å². The molecule has 0 saturated heterocycles. The van der Waals surface area contributed by atoms with Gasteiger partial charge < -0.3 is 0 Å². The minimum absolute atomic E-state index is 0.0424. The van der Waals surface area contributed by atoms with Crippen molar-refractivity contribution >= 4 is 12.1 Å². The lowest BCUT2D eigenvalue weighted by atomic mass is 10.2. The van der Waals surface area contributed by atoms with Crippen molar-refractivity contribution in [3.05, 3.63) is 48.3 Å². The molecule has 0 radical (unpaired) electrons. The van der Waals surface area contributed by atoms with Crippen LogP contribution >= 0.6 is 0 Å². The van der Waals surface area contributed by atoms with E-state index in [9.17, 15) is 9.18 Å². The van der Waals surface area contributed by atoms with Crippen LogP contribution in [-0.4, -0.2) is 26.9 Å². The molecule has 2 aromatic rings. The van der Waals surface area contributed by atoms with Crippen molar-refractivity contribution in [3.8, 4) is 0 Å². The summed E-state index contributed by atoms with van der Waals surface area (Å²) in [7, 11) is 0. The van der Waals surface area contributed by atoms with Gasteiger partial charge in [0.05, 0.1) is 6.21 Å². The van der Waals surface area contributed by atoms with Gasteiger partial charge in [-0.05, 0) is 17.7 Å². The first-order valence-electron chi connectivity index (χ1n) is 5.14. The van der Waals surface area contributed by atoms with Crippen LogP contribution in [0.4, 0.5) is 4.39 Å². The molecule has 0 atom stereocenters. The second kappa shape index (κ2) is 5.67. The Balaban J connectivity index is 1.84. The third kappa shape index (κ3) is 3.48. The van der Waals surface area contributed by atoms with Gasteiger partial charge in [-0.2, -0.15) is 10.2 Å². The largest absolute Gasteiger partial charge is 0.271 e. The van der Waals surface area contributed by atoms with Crippen molar-refractivity contribution in [2.24, 2.45) is 5.10 Å². The summed E-state index contributed by atoms with van der Waals surface area (Å²) >= 11 is 0. The minimum Gasteiger partial charge on any atom is -0.271 e. The van der Waals surface area contributed by atoms with E-state index in [1.54, 1.807) is 12.1 Å². The molecule has 0 aliphatic rings. The van der Waals surface area contributed by atoms with Crippen molar-refractivity contribution in [3.63, 3.8) is 0 Å². The van der Waals surface area contributed by atoms with Gasteiger partial charge in [0.25, 0.3) is 5.91 Å². The van der Waals surface area contributed by atoms with E-state index in [0.29, 0.717) is 5.56 Å². The SMILES string of the molecule is O=C(Cn1cncn1)N/N=C\c1ccc(F)cc1. The maximum atomic E-state index is 12.6. The Morgan fingerprint density at radius 3 is 2.89 bits per heavy atom. The van der Waals surface area contributed by atoms with Gasteiger partial charge in [-0.1, -0.05) is 12.1 Å². The van der Waals surface area contributed by atoms with Gasteiger partial charge in [0.1, 0.15) is 25.0 Å². The van der Waals surface area contributed by atoms with E-state index >= 15 is 0 Å². The number of nitrogens with one attached hydrogen (secondary N) is 1. The summed E-state index contributed by atoms with van der Waals surface area (Å²) in [5, 5.41) is 7.53. The highest BCUT2D eigenvalue weighted by Gasteiger charge is 2.00. The molecule has 1 heterocycles. The van der Waals surface area contributed by atoms with E-state index in [1.807, 2.05) is 0 Å². The number of rotatable bonds is 4. The first kappa shape index (κ1) is 11.9. The maximum absolute atomic E-state index is 12.6. The molecule has 0 saturated carbocycles. The fourth-order valence-corrected chi connectivity index (χ4v) is 1.22. The van der Waals surface area contributed by atoms with Crippen molar-refractivity contribution < 1.29 is 9.18 Å². The second-order valence-electron chi connectivity index (χ2n) is 3.44. The third-order valence-electron chi connectivity index (χ3n) is 2.05. The van der Waals surface area contributed by atoms with E-state index in [1.165, 1.54) is 35.7 Å². The Morgan fingerprint density at radius 2 is 2.22 bits per heavy atom. The maximum Gasteiger partial charge on any atom is 0.261 e. The molecule has 0 aliphatic carbocycles. The Bertz CT molecular complexity index is 535. The summed E-state index contributed by atoms with van der Waals surface area (Å²) in [6.07, 6.45) is 4.21. The van der Waals surface area contributed by atoms with Crippen molar-refractivity contribution in [1.82, 2.24) is 20.2 Å². The number of nitrogens with zero attached hydrogens (tertiary/aromatic N) is 4. The Hall–Kier alpha value is -2.57. The molecule has 1 aromatic carbocycles. The predicted molar refractivity (Wildman–Crippen MR) is 62.2 cm³/mol. The molecule has 1 aromatic heterocycles. The number of amides is 1. The fourth-order valence-electron chi connectivity index (χ4n) is 1.22. The van der Waals surface area contributed by atoms with Gasteiger partial charge in [0.15, 0.2) is 0 Å². The number of aromatic nitrogens is 3. The van der Waals surface area contributed by atoms with Crippen LogP contribution in [0.2, 0.25) is 0 Å². The Kier molecular flexibility index (Phi) is 3.75. The second-order valence-corrected chi connectivity index (χ2v) is 3.44. The van der Waals surface area contributed by atoms with Gasteiger partial charge in [0.2, 0.25) is 0 Å². The van der Waals surface area contributed by atoms with E-state index in [2.05, 4.69) is 20.6 Å². The summed E-state index contributed by atoms with van der Waals surface area (Å²) in [4.78, 5) is 15.1. The lowest BCUT2D eigenvalue weighted by molar-refractivity contribution is -0.121. The van der Waals surface area contributed by atoms with Gasteiger partial charge in [-0.15, -0.1) is 0 Å². The zero-order valence-electron chi connectivity index (χ0n) is 9.32. The van der Waals surface area contributed by atoms with Crippen LogP contribution in [0, 0.1) is 5.82 Å². The molecule has 18 heavy (non-hydrogen) atoms. The zero-order chi connectivity index (χ0) is 12.8. The van der Waals surface area contributed by atoms with Crippen molar-refractivity contribution in [2.75, 3.05) is 0 Å². The molecule has 0 spiro atoms. The highest BCUT2D eigenvalue weighted by Crippen LogP contribution is 1.99. The van der Waals surface area contributed by atoms with Crippen molar-refractivity contribution in [1.29, 1.82) is 0 Å². The molecule has 0 unspecified atom stereocenters. The van der Waals surface area contributed by atoms with Crippen LogP contribution in [0.1, 0.15) is 5.56 Å². The Labute approximate surface area is 102 Å². The van der Waals surface area contributed by atoms with Crippen LogP contribution < -0.4 is 5.43 Å². The normalized spacial score (nSPS) is 10.7. The topological polar surface area (TPSA) is 72.2 Å². The lowest BCUT2D eigenvalue weighted by Gasteiger charge is -1.98. The van der Waals surface area contributed by atoms with Gasteiger partial charge in [-0.25, -0.2) is 19.5 Å². The molecular formula is C11H10FN5O. The molecule has 1 N–H and O–H groups in total. The number of halogens is 1. The fraction of sp³-hybridized carbons (Fsp3) is 0.0909. The molecule has 92 valence electrons. The minimum atomic E-state index is -0.320. The summed E-state index contributed by atoms with van der Waals surface area (Å²) in [5.74, 6) is -0.638. The summed E-state index contributed by atoms with van der Waals surface area (Å²) in [6.45, 7) is 0.0424. The van der Waals surface area contributed by atoms with Crippen LogP contribution in [-0.2, 0) is 11.3 Å². The van der Waals surface area contributed by atoms with E-state index in [-0.39, 0.29) is 18.3 Å². The molecule has 2 rings (SSSR count). The number of carbonyl (C=O) groups excluding carboxylic acids is 1. The number of carbonyl (C=O) groups is 1. The van der Waals surface area contributed by atoms with E-state index in [4.69, 9.17) is 0 Å². The van der Waals surface area contributed by atoms with Crippen LogP contribution in [0.3, 0.4) is 0 Å². The Morgan fingerprint density at radius 1 is 1.44 bits per heavy atom. The number of hydrogen-bond donors (Lipinski definition) is 1. The van der Waals surface area contributed by atoms with Gasteiger partial charge >= 0.3 is 0 Å². The third-order valence-corrected chi connectivity index (χ3v) is 2.05. The van der Waals surface area contributed by atoms with Crippen molar-refractivity contribution in [2.45, 2.75) is 6.54 Å². The zero-order valence-corrected chi connectivity index (χ0v) is 9.32. The number of hydrazone groups is 1. The standard InChI is InChI=1S/C11H10FN5O/c12-10-3-1-9(2-4-10)5-14-16-11(18)6-17-8-13-7-15-17/h1-5,7-8H,6H2,(H,16,18)/b14-5-.